The number of anilines is 3. The molecule has 0 spiro atoms. The molecule has 1 aliphatic rings. The van der Waals surface area contributed by atoms with E-state index in [4.69, 9.17) is 0 Å². The fraction of sp³-hybridized carbons (Fsp3) is 0.190. The molecule has 1 unspecified atom stereocenters. The molecular formula is C21H19FN4O. The Kier molecular flexibility index (Phi) is 4.32. The average molecular weight is 362 g/mol. The summed E-state index contributed by atoms with van der Waals surface area (Å²) < 4.78 is 13.4. The minimum atomic E-state index is -0.355. The molecule has 3 aromatic rings. The normalized spacial score (nSPS) is 15.5. The fourth-order valence-electron chi connectivity index (χ4n) is 3.43. The van der Waals surface area contributed by atoms with E-state index in [0.29, 0.717) is 17.1 Å². The van der Waals surface area contributed by atoms with Crippen molar-refractivity contribution in [2.75, 3.05) is 10.2 Å². The number of aryl methyl sites for hydroxylation is 1. The van der Waals surface area contributed by atoms with Crippen molar-refractivity contribution in [1.82, 2.24) is 9.97 Å². The van der Waals surface area contributed by atoms with Crippen molar-refractivity contribution in [2.24, 2.45) is 0 Å². The SMILES string of the molecule is Cc1cc(C(=O)N2c3ccccc3CC2C)nc(Nc2cccc(F)c2)n1. The molecule has 0 aliphatic carbocycles. The Morgan fingerprint density at radius 1 is 1.15 bits per heavy atom. The van der Waals surface area contributed by atoms with Gasteiger partial charge in [-0.05, 0) is 56.2 Å². The monoisotopic (exact) mass is 362 g/mol. The summed E-state index contributed by atoms with van der Waals surface area (Å²) in [5.74, 6) is -0.254. The topological polar surface area (TPSA) is 58.1 Å². The lowest BCUT2D eigenvalue weighted by molar-refractivity contribution is 0.0976. The molecule has 2 heterocycles. The molecule has 1 aliphatic heterocycles. The van der Waals surface area contributed by atoms with Gasteiger partial charge in [-0.15, -0.1) is 0 Å². The number of nitrogens with zero attached hydrogens (tertiary/aromatic N) is 3. The Hall–Kier alpha value is -3.28. The van der Waals surface area contributed by atoms with E-state index in [1.807, 2.05) is 31.2 Å². The molecule has 1 atom stereocenters. The third-order valence-electron chi connectivity index (χ3n) is 4.58. The van der Waals surface area contributed by atoms with Crippen LogP contribution >= 0.6 is 0 Å². The van der Waals surface area contributed by atoms with Crippen LogP contribution in [-0.2, 0) is 6.42 Å². The van der Waals surface area contributed by atoms with E-state index in [2.05, 4.69) is 15.3 Å². The maximum atomic E-state index is 13.4. The molecule has 4 rings (SSSR count). The van der Waals surface area contributed by atoms with Gasteiger partial charge in [0.1, 0.15) is 11.5 Å². The summed E-state index contributed by atoms with van der Waals surface area (Å²) >= 11 is 0. The number of fused-ring (bicyclic) bond motifs is 1. The second kappa shape index (κ2) is 6.79. The van der Waals surface area contributed by atoms with Crippen molar-refractivity contribution in [3.8, 4) is 0 Å². The van der Waals surface area contributed by atoms with Crippen molar-refractivity contribution in [3.63, 3.8) is 0 Å². The van der Waals surface area contributed by atoms with E-state index >= 15 is 0 Å². The Bertz CT molecular complexity index is 1020. The second-order valence-electron chi connectivity index (χ2n) is 6.71. The average Bonchev–Trinajstić information content (AvgIpc) is 2.96. The predicted molar refractivity (Wildman–Crippen MR) is 103 cm³/mol. The standard InChI is InChI=1S/C21H19FN4O/c1-13-10-18(25-21(23-13)24-17-8-5-7-16(22)12-17)20(27)26-14(2)11-15-6-3-4-9-19(15)26/h3-10,12,14H,11H2,1-2H3,(H,23,24,25). The largest absolute Gasteiger partial charge is 0.324 e. The second-order valence-corrected chi connectivity index (χ2v) is 6.71. The zero-order chi connectivity index (χ0) is 19.0. The molecule has 136 valence electrons. The number of hydrogen-bond donors (Lipinski definition) is 1. The molecule has 1 N–H and O–H groups in total. The molecular weight excluding hydrogens is 343 g/mol. The fourth-order valence-corrected chi connectivity index (χ4v) is 3.43. The van der Waals surface area contributed by atoms with E-state index < -0.39 is 0 Å². The van der Waals surface area contributed by atoms with Crippen LogP contribution < -0.4 is 10.2 Å². The molecule has 2 aromatic carbocycles. The van der Waals surface area contributed by atoms with Crippen molar-refractivity contribution in [1.29, 1.82) is 0 Å². The highest BCUT2D eigenvalue weighted by atomic mass is 19.1. The maximum Gasteiger partial charge on any atom is 0.277 e. The van der Waals surface area contributed by atoms with Crippen LogP contribution in [0.4, 0.5) is 21.7 Å². The summed E-state index contributed by atoms with van der Waals surface area (Å²) in [6.07, 6.45) is 0.820. The van der Waals surface area contributed by atoms with Gasteiger partial charge in [0.15, 0.2) is 0 Å². The number of carbonyl (C=O) groups is 1. The molecule has 0 saturated heterocycles. The summed E-state index contributed by atoms with van der Waals surface area (Å²) in [4.78, 5) is 23.7. The number of carbonyl (C=O) groups excluding carboxylic acids is 1. The molecule has 0 bridgehead atoms. The lowest BCUT2D eigenvalue weighted by Gasteiger charge is -2.22. The van der Waals surface area contributed by atoms with Crippen molar-refractivity contribution >= 4 is 23.2 Å². The number of rotatable bonds is 3. The molecule has 1 amide bonds. The summed E-state index contributed by atoms with van der Waals surface area (Å²) in [7, 11) is 0. The molecule has 5 nitrogen and oxygen atoms in total. The number of amides is 1. The lowest BCUT2D eigenvalue weighted by Crippen LogP contribution is -2.36. The van der Waals surface area contributed by atoms with Crippen LogP contribution in [0.3, 0.4) is 0 Å². The van der Waals surface area contributed by atoms with E-state index in [1.54, 1.807) is 30.0 Å². The first kappa shape index (κ1) is 17.1. The van der Waals surface area contributed by atoms with Gasteiger partial charge in [0.25, 0.3) is 5.91 Å². The zero-order valence-electron chi connectivity index (χ0n) is 15.1. The van der Waals surface area contributed by atoms with Gasteiger partial charge in [-0.25, -0.2) is 14.4 Å². The number of hydrogen-bond acceptors (Lipinski definition) is 4. The van der Waals surface area contributed by atoms with Gasteiger partial charge >= 0.3 is 0 Å². The maximum absolute atomic E-state index is 13.4. The van der Waals surface area contributed by atoms with Crippen LogP contribution in [0.1, 0.15) is 28.7 Å². The zero-order valence-corrected chi connectivity index (χ0v) is 15.1. The first-order chi connectivity index (χ1) is 13.0. The first-order valence-electron chi connectivity index (χ1n) is 8.81. The molecule has 0 saturated carbocycles. The Labute approximate surface area is 156 Å². The Morgan fingerprint density at radius 3 is 2.78 bits per heavy atom. The third-order valence-corrected chi connectivity index (χ3v) is 4.58. The predicted octanol–water partition coefficient (Wildman–Crippen LogP) is 4.26. The summed E-state index contributed by atoms with van der Waals surface area (Å²) in [5, 5.41) is 2.97. The number of halogens is 1. The van der Waals surface area contributed by atoms with E-state index in [1.165, 1.54) is 12.1 Å². The van der Waals surface area contributed by atoms with Crippen molar-refractivity contribution < 1.29 is 9.18 Å². The van der Waals surface area contributed by atoms with Gasteiger partial charge in [-0.3, -0.25) is 4.79 Å². The Morgan fingerprint density at radius 2 is 1.96 bits per heavy atom. The molecule has 0 radical (unpaired) electrons. The van der Waals surface area contributed by atoms with Gasteiger partial charge in [0.05, 0.1) is 0 Å². The van der Waals surface area contributed by atoms with Gasteiger partial charge in [0, 0.05) is 23.1 Å². The van der Waals surface area contributed by atoms with Crippen LogP contribution in [0.25, 0.3) is 0 Å². The van der Waals surface area contributed by atoms with Crippen LogP contribution in [0.15, 0.2) is 54.6 Å². The van der Waals surface area contributed by atoms with Crippen molar-refractivity contribution in [3.05, 3.63) is 77.4 Å². The first-order valence-corrected chi connectivity index (χ1v) is 8.81. The van der Waals surface area contributed by atoms with Crippen LogP contribution in [-0.4, -0.2) is 21.9 Å². The van der Waals surface area contributed by atoms with Crippen molar-refractivity contribution in [2.45, 2.75) is 26.3 Å². The smallest absolute Gasteiger partial charge is 0.277 e. The van der Waals surface area contributed by atoms with Crippen LogP contribution in [0.2, 0.25) is 0 Å². The third kappa shape index (κ3) is 3.38. The lowest BCUT2D eigenvalue weighted by atomic mass is 10.1. The highest BCUT2D eigenvalue weighted by Crippen LogP contribution is 2.33. The quantitative estimate of drug-likeness (QED) is 0.756. The summed E-state index contributed by atoms with van der Waals surface area (Å²) in [5.41, 5.74) is 3.57. The van der Waals surface area contributed by atoms with Gasteiger partial charge in [-0.2, -0.15) is 0 Å². The molecule has 27 heavy (non-hydrogen) atoms. The number of benzene rings is 2. The van der Waals surface area contributed by atoms with Gasteiger partial charge in [0.2, 0.25) is 5.95 Å². The van der Waals surface area contributed by atoms with Gasteiger partial charge in [-0.1, -0.05) is 24.3 Å². The van der Waals surface area contributed by atoms with E-state index in [0.717, 1.165) is 17.7 Å². The molecule has 6 heteroatoms. The Balaban J connectivity index is 1.66. The highest BCUT2D eigenvalue weighted by Gasteiger charge is 2.32. The van der Waals surface area contributed by atoms with E-state index in [-0.39, 0.29) is 23.7 Å². The highest BCUT2D eigenvalue weighted by molar-refractivity contribution is 6.06. The number of para-hydroxylation sites is 1. The van der Waals surface area contributed by atoms with E-state index in [9.17, 15) is 9.18 Å². The minimum absolute atomic E-state index is 0.0600. The molecule has 0 fully saturated rings. The summed E-state index contributed by atoms with van der Waals surface area (Å²) in [6.45, 7) is 3.83. The summed E-state index contributed by atoms with van der Waals surface area (Å²) in [6, 6.07) is 15.7. The van der Waals surface area contributed by atoms with Crippen LogP contribution in [0.5, 0.6) is 0 Å². The molecule has 1 aromatic heterocycles. The van der Waals surface area contributed by atoms with Crippen LogP contribution in [0, 0.1) is 12.7 Å². The number of nitrogens with one attached hydrogen (secondary N) is 1. The van der Waals surface area contributed by atoms with Gasteiger partial charge < -0.3 is 10.2 Å². The minimum Gasteiger partial charge on any atom is -0.324 e. The number of aromatic nitrogens is 2.